The van der Waals surface area contributed by atoms with Gasteiger partial charge in [-0.25, -0.2) is 0 Å². The van der Waals surface area contributed by atoms with E-state index >= 15 is 0 Å². The Morgan fingerprint density at radius 3 is 2.19 bits per heavy atom. The maximum atomic E-state index is 13.2. The predicted octanol–water partition coefficient (Wildman–Crippen LogP) is 4.71. The zero-order valence-electron chi connectivity index (χ0n) is 19.5. The van der Waals surface area contributed by atoms with Gasteiger partial charge >= 0.3 is 0 Å². The molecule has 1 unspecified atom stereocenters. The van der Waals surface area contributed by atoms with Gasteiger partial charge in [0.05, 0.1) is 0 Å². The lowest BCUT2D eigenvalue weighted by molar-refractivity contribution is -0.143. The summed E-state index contributed by atoms with van der Waals surface area (Å²) in [5.74, 6) is 0.363. The number of aryl methyl sites for hydroxylation is 3. The van der Waals surface area contributed by atoms with Crippen molar-refractivity contribution in [1.82, 2.24) is 10.2 Å². The van der Waals surface area contributed by atoms with E-state index in [1.165, 1.54) is 0 Å². The maximum Gasteiger partial charge on any atom is 0.261 e. The summed E-state index contributed by atoms with van der Waals surface area (Å²) in [6.45, 7) is 10.9. The molecule has 1 N–H and O–H groups in total. The van der Waals surface area contributed by atoms with E-state index in [0.717, 1.165) is 35.1 Å². The molecule has 0 saturated carbocycles. The summed E-state index contributed by atoms with van der Waals surface area (Å²) in [5, 5.41) is 2.98. The van der Waals surface area contributed by atoms with Crippen molar-refractivity contribution in [2.24, 2.45) is 0 Å². The minimum atomic E-state index is -0.534. The molecule has 0 fully saturated rings. The highest BCUT2D eigenvalue weighted by Crippen LogP contribution is 2.18. The fraction of sp³-hybridized carbons (Fsp3) is 0.462. The topological polar surface area (TPSA) is 58.6 Å². The van der Waals surface area contributed by atoms with E-state index < -0.39 is 6.04 Å². The number of hydrogen-bond acceptors (Lipinski definition) is 3. The van der Waals surface area contributed by atoms with Gasteiger partial charge in [-0.05, 0) is 62.4 Å². The highest BCUT2D eigenvalue weighted by atomic mass is 16.5. The molecule has 168 valence electrons. The molecular formula is C26H36N2O3. The fourth-order valence-corrected chi connectivity index (χ4v) is 3.56. The van der Waals surface area contributed by atoms with E-state index in [4.69, 9.17) is 4.74 Å². The molecule has 2 aromatic carbocycles. The third-order valence-corrected chi connectivity index (χ3v) is 5.25. The number of carbonyl (C=O) groups excluding carboxylic acids is 2. The van der Waals surface area contributed by atoms with Crippen LogP contribution in [0.1, 0.15) is 55.4 Å². The lowest BCUT2D eigenvalue weighted by Gasteiger charge is -2.30. The molecule has 1 atom stereocenters. The number of benzene rings is 2. The SMILES string of the molecule is CCCCNC(=O)C(CC)N(Cc1ccc(C)cc1)C(=O)COc1cc(C)cc(C)c1. The van der Waals surface area contributed by atoms with Gasteiger partial charge in [-0.15, -0.1) is 0 Å². The molecule has 5 nitrogen and oxygen atoms in total. The second-order valence-corrected chi connectivity index (χ2v) is 8.19. The predicted molar refractivity (Wildman–Crippen MR) is 125 cm³/mol. The van der Waals surface area contributed by atoms with Crippen molar-refractivity contribution < 1.29 is 14.3 Å². The van der Waals surface area contributed by atoms with Crippen LogP contribution < -0.4 is 10.1 Å². The Bertz CT molecular complexity index is 841. The molecule has 0 aromatic heterocycles. The van der Waals surface area contributed by atoms with Crippen LogP contribution in [0.25, 0.3) is 0 Å². The Morgan fingerprint density at radius 1 is 0.968 bits per heavy atom. The normalized spacial score (nSPS) is 11.6. The van der Waals surface area contributed by atoms with Gasteiger partial charge in [0.15, 0.2) is 6.61 Å². The zero-order chi connectivity index (χ0) is 22.8. The molecule has 0 heterocycles. The second-order valence-electron chi connectivity index (χ2n) is 8.19. The van der Waals surface area contributed by atoms with Crippen LogP contribution in [0.3, 0.4) is 0 Å². The van der Waals surface area contributed by atoms with Crippen molar-refractivity contribution in [3.8, 4) is 5.75 Å². The molecule has 5 heteroatoms. The lowest BCUT2D eigenvalue weighted by Crippen LogP contribution is -2.50. The Morgan fingerprint density at radius 2 is 1.61 bits per heavy atom. The number of rotatable bonds is 11. The number of unbranched alkanes of at least 4 members (excludes halogenated alkanes) is 1. The number of nitrogens with zero attached hydrogens (tertiary/aromatic N) is 1. The molecule has 0 aliphatic heterocycles. The van der Waals surface area contributed by atoms with Gasteiger partial charge in [0.2, 0.25) is 5.91 Å². The van der Waals surface area contributed by atoms with Gasteiger partial charge < -0.3 is 15.0 Å². The van der Waals surface area contributed by atoms with E-state index in [1.54, 1.807) is 4.90 Å². The van der Waals surface area contributed by atoms with E-state index in [9.17, 15) is 9.59 Å². The summed E-state index contributed by atoms with van der Waals surface area (Å²) in [4.78, 5) is 27.7. The van der Waals surface area contributed by atoms with Gasteiger partial charge in [0.25, 0.3) is 5.91 Å². The van der Waals surface area contributed by atoms with Gasteiger partial charge in [-0.1, -0.05) is 56.2 Å². The first-order valence-corrected chi connectivity index (χ1v) is 11.2. The summed E-state index contributed by atoms with van der Waals surface area (Å²) in [6, 6.07) is 13.4. The summed E-state index contributed by atoms with van der Waals surface area (Å²) < 4.78 is 5.82. The Balaban J connectivity index is 2.18. The van der Waals surface area contributed by atoms with Crippen molar-refractivity contribution in [2.75, 3.05) is 13.2 Å². The second kappa shape index (κ2) is 12.1. The molecule has 0 spiro atoms. The van der Waals surface area contributed by atoms with Gasteiger partial charge in [-0.3, -0.25) is 9.59 Å². The molecule has 0 saturated heterocycles. The zero-order valence-corrected chi connectivity index (χ0v) is 19.5. The van der Waals surface area contributed by atoms with Crippen molar-refractivity contribution in [1.29, 1.82) is 0 Å². The Kier molecular flexibility index (Phi) is 9.57. The van der Waals surface area contributed by atoms with E-state index in [2.05, 4.69) is 18.3 Å². The summed E-state index contributed by atoms with van der Waals surface area (Å²) in [6.07, 6.45) is 2.47. The van der Waals surface area contributed by atoms with Crippen LogP contribution in [0.5, 0.6) is 5.75 Å². The van der Waals surface area contributed by atoms with Crippen LogP contribution in [-0.2, 0) is 16.1 Å². The van der Waals surface area contributed by atoms with Crippen LogP contribution in [-0.4, -0.2) is 35.9 Å². The van der Waals surface area contributed by atoms with Crippen LogP contribution in [0.2, 0.25) is 0 Å². The molecular weight excluding hydrogens is 388 g/mol. The van der Waals surface area contributed by atoms with Gasteiger partial charge in [0, 0.05) is 13.1 Å². The number of amides is 2. The molecule has 0 bridgehead atoms. The average Bonchev–Trinajstić information content (AvgIpc) is 2.73. The summed E-state index contributed by atoms with van der Waals surface area (Å²) in [7, 11) is 0. The average molecular weight is 425 g/mol. The summed E-state index contributed by atoms with van der Waals surface area (Å²) >= 11 is 0. The highest BCUT2D eigenvalue weighted by Gasteiger charge is 2.28. The standard InChI is InChI=1S/C26H36N2O3/c1-6-8-13-27-26(30)24(7-2)28(17-22-11-9-19(3)10-12-22)25(29)18-31-23-15-20(4)14-21(5)16-23/h9-12,14-16,24H,6-8,13,17-18H2,1-5H3,(H,27,30). The maximum absolute atomic E-state index is 13.2. The fourth-order valence-electron chi connectivity index (χ4n) is 3.56. The Labute approximate surface area is 186 Å². The van der Waals surface area contributed by atoms with E-state index in [0.29, 0.717) is 25.3 Å². The van der Waals surface area contributed by atoms with Crippen LogP contribution >= 0.6 is 0 Å². The molecule has 2 rings (SSSR count). The highest BCUT2D eigenvalue weighted by molar-refractivity contribution is 5.88. The first-order valence-electron chi connectivity index (χ1n) is 11.2. The minimum Gasteiger partial charge on any atom is -0.484 e. The molecule has 0 aliphatic carbocycles. The number of hydrogen-bond donors (Lipinski definition) is 1. The molecule has 0 aliphatic rings. The molecule has 2 aromatic rings. The third kappa shape index (κ3) is 7.74. The lowest BCUT2D eigenvalue weighted by atomic mass is 10.1. The largest absolute Gasteiger partial charge is 0.484 e. The van der Waals surface area contributed by atoms with Crippen molar-refractivity contribution >= 4 is 11.8 Å². The Hall–Kier alpha value is -2.82. The quantitative estimate of drug-likeness (QED) is 0.531. The number of ether oxygens (including phenoxy) is 1. The van der Waals surface area contributed by atoms with Crippen molar-refractivity contribution in [3.05, 3.63) is 64.7 Å². The monoisotopic (exact) mass is 424 g/mol. The summed E-state index contributed by atoms with van der Waals surface area (Å²) in [5.41, 5.74) is 4.32. The van der Waals surface area contributed by atoms with Crippen LogP contribution in [0, 0.1) is 20.8 Å². The van der Waals surface area contributed by atoms with Crippen molar-refractivity contribution in [3.63, 3.8) is 0 Å². The van der Waals surface area contributed by atoms with E-state index in [-0.39, 0.29) is 18.4 Å². The van der Waals surface area contributed by atoms with Gasteiger partial charge in [0.1, 0.15) is 11.8 Å². The minimum absolute atomic E-state index is 0.104. The van der Waals surface area contributed by atoms with Crippen LogP contribution in [0.15, 0.2) is 42.5 Å². The first kappa shape index (κ1) is 24.4. The van der Waals surface area contributed by atoms with Gasteiger partial charge in [-0.2, -0.15) is 0 Å². The van der Waals surface area contributed by atoms with Crippen molar-refractivity contribution in [2.45, 2.75) is 66.5 Å². The third-order valence-electron chi connectivity index (χ3n) is 5.25. The number of nitrogens with one attached hydrogen (secondary N) is 1. The first-order chi connectivity index (χ1) is 14.8. The smallest absolute Gasteiger partial charge is 0.261 e. The molecule has 2 amide bonds. The van der Waals surface area contributed by atoms with Crippen LogP contribution in [0.4, 0.5) is 0 Å². The number of carbonyl (C=O) groups is 2. The molecule has 31 heavy (non-hydrogen) atoms. The van der Waals surface area contributed by atoms with E-state index in [1.807, 2.05) is 64.1 Å². The molecule has 0 radical (unpaired) electrons.